The smallest absolute Gasteiger partial charge is 0.194 e. The van der Waals surface area contributed by atoms with Crippen molar-refractivity contribution in [1.29, 1.82) is 0 Å². The van der Waals surface area contributed by atoms with Crippen molar-refractivity contribution in [2.75, 3.05) is 45.4 Å². The van der Waals surface area contributed by atoms with Crippen LogP contribution in [0.25, 0.3) is 0 Å². The van der Waals surface area contributed by atoms with E-state index in [9.17, 15) is 8.42 Å². The molecule has 0 aromatic heterocycles. The van der Waals surface area contributed by atoms with Crippen LogP contribution in [0.5, 0.6) is 0 Å². The lowest BCUT2D eigenvalue weighted by Crippen LogP contribution is -2.38. The van der Waals surface area contributed by atoms with E-state index in [1.165, 1.54) is 11.8 Å². The van der Waals surface area contributed by atoms with Crippen molar-refractivity contribution < 1.29 is 13.2 Å². The molecule has 0 aliphatic heterocycles. The average molecular weight is 420 g/mol. The van der Waals surface area contributed by atoms with Gasteiger partial charge in [-0.1, -0.05) is 34.1 Å². The largest absolute Gasteiger partial charge is 0.378 e. The number of guanidine groups is 1. The molecule has 0 radical (unpaired) electrons. The fourth-order valence-electron chi connectivity index (χ4n) is 1.96. The summed E-state index contributed by atoms with van der Waals surface area (Å²) in [4.78, 5) is 6.56. The van der Waals surface area contributed by atoms with Gasteiger partial charge in [-0.2, -0.15) is 0 Å². The van der Waals surface area contributed by atoms with E-state index in [4.69, 9.17) is 4.74 Å². The number of hydrogen-bond acceptors (Lipinski definition) is 4. The number of rotatable bonds is 9. The number of aliphatic imine (C=N–C) groups is 1. The lowest BCUT2D eigenvalue weighted by atomic mass is 10.2. The lowest BCUT2D eigenvalue weighted by Gasteiger charge is -2.22. The molecule has 6 nitrogen and oxygen atoms in total. The molecule has 0 saturated carbocycles. The van der Waals surface area contributed by atoms with Crippen LogP contribution in [0.15, 0.2) is 33.7 Å². The van der Waals surface area contributed by atoms with E-state index in [0.29, 0.717) is 13.2 Å². The van der Waals surface area contributed by atoms with Gasteiger partial charge in [0.25, 0.3) is 0 Å². The molecule has 0 saturated heterocycles. The number of ether oxygens (including phenoxy) is 1. The maximum atomic E-state index is 11.0. The monoisotopic (exact) mass is 419 g/mol. The van der Waals surface area contributed by atoms with E-state index in [2.05, 4.69) is 32.3 Å². The highest BCUT2D eigenvalue weighted by Crippen LogP contribution is 2.17. The summed E-state index contributed by atoms with van der Waals surface area (Å²) in [6.07, 6.45) is 1.20. The van der Waals surface area contributed by atoms with E-state index in [0.717, 1.165) is 23.5 Å². The van der Waals surface area contributed by atoms with Crippen LogP contribution in [0.2, 0.25) is 0 Å². The van der Waals surface area contributed by atoms with Crippen molar-refractivity contribution >= 4 is 31.7 Å². The maximum absolute atomic E-state index is 11.0. The number of halogens is 1. The summed E-state index contributed by atoms with van der Waals surface area (Å²) in [5.74, 6) is 0.832. The molecular weight excluding hydrogens is 394 g/mol. The molecule has 1 aromatic rings. The first-order valence-corrected chi connectivity index (χ1v) is 10.7. The Balaban J connectivity index is 2.50. The van der Waals surface area contributed by atoms with Gasteiger partial charge in [0.15, 0.2) is 5.96 Å². The van der Waals surface area contributed by atoms with Gasteiger partial charge in [-0.05, 0) is 18.6 Å². The summed E-state index contributed by atoms with van der Waals surface area (Å²) in [5.41, 5.74) is 1.18. The predicted octanol–water partition coefficient (Wildman–Crippen LogP) is 1.91. The van der Waals surface area contributed by atoms with E-state index in [-0.39, 0.29) is 12.4 Å². The van der Waals surface area contributed by atoms with Crippen molar-refractivity contribution in [3.8, 4) is 0 Å². The zero-order valence-corrected chi connectivity index (χ0v) is 16.9. The number of nitrogens with zero attached hydrogens (tertiary/aromatic N) is 2. The Morgan fingerprint density at radius 1 is 1.33 bits per heavy atom. The van der Waals surface area contributed by atoms with Crippen LogP contribution < -0.4 is 5.32 Å². The van der Waals surface area contributed by atoms with Crippen molar-refractivity contribution in [3.63, 3.8) is 0 Å². The first kappa shape index (κ1) is 20.9. The highest BCUT2D eigenvalue weighted by molar-refractivity contribution is 9.10. The van der Waals surface area contributed by atoms with Gasteiger partial charge >= 0.3 is 0 Å². The fourth-order valence-corrected chi connectivity index (χ4v) is 2.79. The molecule has 0 unspecified atom stereocenters. The zero-order chi connectivity index (χ0) is 18.0. The Morgan fingerprint density at radius 2 is 2.04 bits per heavy atom. The summed E-state index contributed by atoms with van der Waals surface area (Å²) in [6.45, 7) is 4.60. The molecular formula is C16H26BrN3O3S. The summed E-state index contributed by atoms with van der Waals surface area (Å²) in [6, 6.07) is 8.08. The quantitative estimate of drug-likeness (QED) is 0.376. The molecule has 0 amide bonds. The van der Waals surface area contributed by atoms with Crippen LogP contribution in [0, 0.1) is 0 Å². The molecule has 0 fully saturated rings. The molecule has 0 spiro atoms. The lowest BCUT2D eigenvalue weighted by molar-refractivity contribution is 0.157. The second kappa shape index (κ2) is 10.7. The zero-order valence-electron chi connectivity index (χ0n) is 14.5. The first-order valence-electron chi connectivity index (χ1n) is 7.82. The van der Waals surface area contributed by atoms with Crippen LogP contribution in [0.3, 0.4) is 0 Å². The molecule has 24 heavy (non-hydrogen) atoms. The number of sulfone groups is 1. The first-order chi connectivity index (χ1) is 11.3. The molecule has 136 valence electrons. The van der Waals surface area contributed by atoms with E-state index in [1.807, 2.05) is 37.1 Å². The summed E-state index contributed by atoms with van der Waals surface area (Å²) in [5, 5.41) is 3.25. The number of benzene rings is 1. The Morgan fingerprint density at radius 3 is 2.67 bits per heavy atom. The minimum absolute atomic E-state index is 0.0404. The molecule has 0 bridgehead atoms. The molecule has 1 rings (SSSR count). The molecule has 0 aliphatic carbocycles. The second-order valence-corrected chi connectivity index (χ2v) is 8.54. The van der Waals surface area contributed by atoms with Crippen molar-refractivity contribution in [3.05, 3.63) is 34.3 Å². The van der Waals surface area contributed by atoms with Gasteiger partial charge in [0, 0.05) is 30.9 Å². The number of nitrogens with one attached hydrogen (secondary N) is 1. The molecule has 1 aromatic carbocycles. The van der Waals surface area contributed by atoms with Crippen LogP contribution in [0.1, 0.15) is 12.5 Å². The highest BCUT2D eigenvalue weighted by atomic mass is 79.9. The van der Waals surface area contributed by atoms with Crippen LogP contribution >= 0.6 is 15.9 Å². The minimum Gasteiger partial charge on any atom is -0.378 e. The van der Waals surface area contributed by atoms with Gasteiger partial charge in [-0.25, -0.2) is 8.42 Å². The van der Waals surface area contributed by atoms with Gasteiger partial charge in [-0.3, -0.25) is 4.99 Å². The van der Waals surface area contributed by atoms with Crippen molar-refractivity contribution in [2.45, 2.75) is 13.5 Å². The third-order valence-electron chi connectivity index (χ3n) is 3.16. The van der Waals surface area contributed by atoms with Crippen LogP contribution in [-0.2, 0) is 21.1 Å². The third kappa shape index (κ3) is 8.65. The van der Waals surface area contributed by atoms with Gasteiger partial charge in [0.1, 0.15) is 9.84 Å². The van der Waals surface area contributed by atoms with Gasteiger partial charge in [0.2, 0.25) is 0 Å². The van der Waals surface area contributed by atoms with E-state index >= 15 is 0 Å². The molecule has 8 heteroatoms. The van der Waals surface area contributed by atoms with Crippen molar-refractivity contribution in [1.82, 2.24) is 10.2 Å². The Labute approximate surface area is 153 Å². The predicted molar refractivity (Wildman–Crippen MR) is 102 cm³/mol. The minimum atomic E-state index is -2.97. The molecule has 0 atom stereocenters. The molecule has 0 aliphatic rings. The standard InChI is InChI=1S/C16H26BrN3O3S/c1-4-18-16(19-9-10-23-11-12-24(3,21)22)20(2)13-14-7-5-6-8-15(14)17/h5-8H,4,9-13H2,1-3H3,(H,18,19). The Hall–Kier alpha value is -1.12. The third-order valence-corrected chi connectivity index (χ3v) is 4.84. The number of hydrogen-bond donors (Lipinski definition) is 1. The Kier molecular flexibility index (Phi) is 9.31. The summed E-state index contributed by atoms with van der Waals surface area (Å²) in [7, 11) is -0.997. The summed E-state index contributed by atoms with van der Waals surface area (Å²) < 4.78 is 28.4. The molecule has 0 heterocycles. The second-order valence-electron chi connectivity index (χ2n) is 5.43. The Bertz CT molecular complexity index is 635. The fraction of sp³-hybridized carbons (Fsp3) is 0.562. The maximum Gasteiger partial charge on any atom is 0.194 e. The molecule has 1 N–H and O–H groups in total. The normalized spacial score (nSPS) is 12.2. The highest BCUT2D eigenvalue weighted by Gasteiger charge is 2.08. The van der Waals surface area contributed by atoms with Crippen molar-refractivity contribution in [2.24, 2.45) is 4.99 Å². The van der Waals surface area contributed by atoms with Crippen LogP contribution in [0.4, 0.5) is 0 Å². The SMILES string of the molecule is CCNC(=NCCOCCS(C)(=O)=O)N(C)Cc1ccccc1Br. The van der Waals surface area contributed by atoms with Gasteiger partial charge in [0.05, 0.1) is 25.5 Å². The van der Waals surface area contributed by atoms with Crippen LogP contribution in [-0.4, -0.2) is 64.6 Å². The van der Waals surface area contributed by atoms with Gasteiger partial charge < -0.3 is 15.0 Å². The summed E-state index contributed by atoms with van der Waals surface area (Å²) >= 11 is 3.55. The van der Waals surface area contributed by atoms with Gasteiger partial charge in [-0.15, -0.1) is 0 Å². The topological polar surface area (TPSA) is 71.0 Å². The average Bonchev–Trinajstić information content (AvgIpc) is 2.50. The van der Waals surface area contributed by atoms with E-state index in [1.54, 1.807) is 0 Å². The van der Waals surface area contributed by atoms with E-state index < -0.39 is 9.84 Å².